The molecule has 0 bridgehead atoms. The first-order valence-electron chi connectivity index (χ1n) is 10.0. The summed E-state index contributed by atoms with van der Waals surface area (Å²) in [5.41, 5.74) is -0.580. The number of pyridine rings is 1. The summed E-state index contributed by atoms with van der Waals surface area (Å²) >= 11 is 0. The normalized spacial score (nSPS) is 23.6. The van der Waals surface area contributed by atoms with Gasteiger partial charge in [-0.15, -0.1) is 0 Å². The number of nitrogens with zero attached hydrogens (tertiary/aromatic N) is 2. The van der Waals surface area contributed by atoms with Gasteiger partial charge in [0.2, 0.25) is 0 Å². The first-order chi connectivity index (χ1) is 13.5. The number of likely N-dealkylation sites (tertiary alicyclic amines) is 1. The summed E-state index contributed by atoms with van der Waals surface area (Å²) in [6.07, 6.45) is 3.62. The van der Waals surface area contributed by atoms with Gasteiger partial charge in [0.25, 0.3) is 0 Å². The summed E-state index contributed by atoms with van der Waals surface area (Å²) in [4.78, 5) is 18.6. The number of hydrogen-bond acceptors (Lipinski definition) is 5. The number of aromatic nitrogens is 1. The van der Waals surface area contributed by atoms with Crippen LogP contribution in [-0.2, 0) is 14.6 Å². The van der Waals surface area contributed by atoms with Gasteiger partial charge in [0.15, 0.2) is 9.84 Å². The van der Waals surface area contributed by atoms with E-state index in [1.807, 2.05) is 40.7 Å². The molecule has 29 heavy (non-hydrogen) atoms. The van der Waals surface area contributed by atoms with Crippen LogP contribution in [0, 0.1) is 11.8 Å². The molecule has 158 valence electrons. The van der Waals surface area contributed by atoms with Gasteiger partial charge >= 0.3 is 6.09 Å². The minimum atomic E-state index is -3.56. The first-order valence-corrected chi connectivity index (χ1v) is 11.6. The summed E-state index contributed by atoms with van der Waals surface area (Å²) in [6.45, 7) is 10.2. The highest BCUT2D eigenvalue weighted by Crippen LogP contribution is 2.33. The molecule has 2 heterocycles. The monoisotopic (exact) mass is 418 g/mol. The molecular weight excluding hydrogens is 388 g/mol. The molecule has 2 aromatic rings. The molecule has 1 aromatic heterocycles. The lowest BCUT2D eigenvalue weighted by Gasteiger charge is -2.29. The molecule has 6 nitrogen and oxygen atoms in total. The van der Waals surface area contributed by atoms with Crippen molar-refractivity contribution in [3.8, 4) is 0 Å². The van der Waals surface area contributed by atoms with Crippen molar-refractivity contribution in [3.63, 3.8) is 0 Å². The Bertz CT molecular complexity index is 997. The Hall–Kier alpha value is -2.15. The average Bonchev–Trinajstić information content (AvgIpc) is 2.78. The minimum absolute atomic E-state index is 0.0735. The minimum Gasteiger partial charge on any atom is -0.444 e. The van der Waals surface area contributed by atoms with Gasteiger partial charge < -0.3 is 9.64 Å². The lowest BCUT2D eigenvalue weighted by Crippen LogP contribution is -2.41. The highest BCUT2D eigenvalue weighted by atomic mass is 32.2. The molecule has 1 unspecified atom stereocenters. The molecule has 3 atom stereocenters. The van der Waals surface area contributed by atoms with Crippen molar-refractivity contribution in [2.75, 3.05) is 13.1 Å². The molecule has 0 radical (unpaired) electrons. The third-order valence-corrected chi connectivity index (χ3v) is 7.99. The third-order valence-electron chi connectivity index (χ3n) is 5.43. The Morgan fingerprint density at radius 1 is 1.14 bits per heavy atom. The van der Waals surface area contributed by atoms with Crippen LogP contribution in [0.15, 0.2) is 41.6 Å². The quantitative estimate of drug-likeness (QED) is 0.727. The van der Waals surface area contributed by atoms with Crippen LogP contribution in [0.2, 0.25) is 0 Å². The molecule has 0 aliphatic carbocycles. The second kappa shape index (κ2) is 7.94. The molecule has 1 saturated heterocycles. The van der Waals surface area contributed by atoms with Crippen molar-refractivity contribution in [1.82, 2.24) is 9.88 Å². The van der Waals surface area contributed by atoms with Crippen molar-refractivity contribution in [2.24, 2.45) is 11.8 Å². The summed E-state index contributed by atoms with van der Waals surface area (Å²) in [7, 11) is -3.56. The molecule has 0 N–H and O–H groups in total. The van der Waals surface area contributed by atoms with Crippen LogP contribution in [-0.4, -0.2) is 48.3 Å². The van der Waals surface area contributed by atoms with E-state index < -0.39 is 20.7 Å². The SMILES string of the molecule is C[C@H]1CCN(C(=O)OC(C)(C)C)C[C@H](C)C1S(=O)(=O)c1ccc2cnccc2c1. The lowest BCUT2D eigenvalue weighted by molar-refractivity contribution is 0.0237. The lowest BCUT2D eigenvalue weighted by atomic mass is 9.96. The number of rotatable bonds is 2. The number of carbonyl (C=O) groups is 1. The Labute approximate surface area is 173 Å². The highest BCUT2D eigenvalue weighted by Gasteiger charge is 2.40. The van der Waals surface area contributed by atoms with Crippen LogP contribution in [0.1, 0.15) is 41.0 Å². The van der Waals surface area contributed by atoms with Crippen molar-refractivity contribution < 1.29 is 17.9 Å². The van der Waals surface area contributed by atoms with Crippen molar-refractivity contribution in [1.29, 1.82) is 0 Å². The molecule has 7 heteroatoms. The van der Waals surface area contributed by atoms with E-state index in [0.29, 0.717) is 24.4 Å². The predicted octanol–water partition coefficient (Wildman–Crippen LogP) is 4.29. The molecule has 1 fully saturated rings. The number of carbonyl (C=O) groups excluding carboxylic acids is 1. The molecule has 0 spiro atoms. The van der Waals surface area contributed by atoms with E-state index >= 15 is 0 Å². The first kappa shape index (κ1) is 21.6. The van der Waals surface area contributed by atoms with Crippen molar-refractivity contribution in [2.45, 2.75) is 56.8 Å². The fraction of sp³-hybridized carbons (Fsp3) is 0.545. The smallest absolute Gasteiger partial charge is 0.410 e. The number of benzene rings is 1. The molecule has 3 rings (SSSR count). The van der Waals surface area contributed by atoms with Crippen LogP contribution < -0.4 is 0 Å². The molecule has 1 amide bonds. The van der Waals surface area contributed by atoms with Crippen LogP contribution >= 0.6 is 0 Å². The maximum absolute atomic E-state index is 13.6. The summed E-state index contributed by atoms with van der Waals surface area (Å²) in [5.74, 6) is -0.284. The third kappa shape index (κ3) is 4.71. The predicted molar refractivity (Wildman–Crippen MR) is 113 cm³/mol. The zero-order chi connectivity index (χ0) is 21.4. The number of amides is 1. The summed E-state index contributed by atoms with van der Waals surface area (Å²) < 4.78 is 32.6. The van der Waals surface area contributed by atoms with Crippen LogP contribution in [0.5, 0.6) is 0 Å². The van der Waals surface area contributed by atoms with E-state index in [9.17, 15) is 13.2 Å². The molecule has 1 aliphatic heterocycles. The fourth-order valence-corrected chi connectivity index (χ4v) is 6.44. The van der Waals surface area contributed by atoms with E-state index in [2.05, 4.69) is 4.98 Å². The second-order valence-electron chi connectivity index (χ2n) is 9.06. The molecular formula is C22H30N2O4S. The Morgan fingerprint density at radius 3 is 2.55 bits per heavy atom. The van der Waals surface area contributed by atoms with Gasteiger partial charge in [-0.3, -0.25) is 4.98 Å². The second-order valence-corrected chi connectivity index (χ2v) is 11.2. The molecule has 0 saturated carbocycles. The van der Waals surface area contributed by atoms with Gasteiger partial charge in [-0.05, 0) is 62.6 Å². The van der Waals surface area contributed by atoms with E-state index in [-0.39, 0.29) is 17.9 Å². The largest absolute Gasteiger partial charge is 0.444 e. The number of hydrogen-bond donors (Lipinski definition) is 0. The topological polar surface area (TPSA) is 76.6 Å². The van der Waals surface area contributed by atoms with E-state index in [4.69, 9.17) is 4.74 Å². The Balaban J connectivity index is 1.89. The van der Waals surface area contributed by atoms with Gasteiger partial charge in [-0.1, -0.05) is 19.9 Å². The summed E-state index contributed by atoms with van der Waals surface area (Å²) in [6, 6.07) is 7.00. The average molecular weight is 419 g/mol. The van der Waals surface area contributed by atoms with E-state index in [1.165, 1.54) is 0 Å². The van der Waals surface area contributed by atoms with Crippen molar-refractivity contribution >= 4 is 26.7 Å². The van der Waals surface area contributed by atoms with Gasteiger partial charge in [-0.25, -0.2) is 13.2 Å². The maximum atomic E-state index is 13.6. The summed E-state index contributed by atoms with van der Waals surface area (Å²) in [5, 5.41) is 1.20. The van der Waals surface area contributed by atoms with Gasteiger partial charge in [0.05, 0.1) is 10.1 Å². The zero-order valence-electron chi connectivity index (χ0n) is 17.8. The highest BCUT2D eigenvalue weighted by molar-refractivity contribution is 7.92. The fourth-order valence-electron chi connectivity index (χ4n) is 4.13. The van der Waals surface area contributed by atoms with E-state index in [0.717, 1.165) is 10.8 Å². The van der Waals surface area contributed by atoms with Gasteiger partial charge in [0.1, 0.15) is 5.60 Å². The van der Waals surface area contributed by atoms with E-state index in [1.54, 1.807) is 35.5 Å². The maximum Gasteiger partial charge on any atom is 0.410 e. The number of fused-ring (bicyclic) bond motifs is 1. The van der Waals surface area contributed by atoms with Crippen LogP contribution in [0.25, 0.3) is 10.8 Å². The standard InChI is InChI=1S/C22H30N2O4S/c1-15-9-11-24(21(25)28-22(3,4)5)14-16(2)20(15)29(26,27)19-7-6-18-13-23-10-8-17(18)12-19/h6-8,10,12-13,15-16,20H,9,11,14H2,1-5H3/t15-,16-,20?/m0/s1. The number of ether oxygens (including phenoxy) is 1. The molecule has 1 aromatic carbocycles. The van der Waals surface area contributed by atoms with Crippen molar-refractivity contribution in [3.05, 3.63) is 36.7 Å². The Kier molecular flexibility index (Phi) is 5.90. The zero-order valence-corrected chi connectivity index (χ0v) is 18.6. The number of sulfone groups is 1. The van der Waals surface area contributed by atoms with Gasteiger partial charge in [-0.2, -0.15) is 0 Å². The molecule has 1 aliphatic rings. The van der Waals surface area contributed by atoms with Gasteiger partial charge in [0, 0.05) is 30.9 Å². The Morgan fingerprint density at radius 2 is 1.86 bits per heavy atom. The van der Waals surface area contributed by atoms with Crippen LogP contribution in [0.3, 0.4) is 0 Å². The van der Waals surface area contributed by atoms with Crippen LogP contribution in [0.4, 0.5) is 4.79 Å².